The van der Waals surface area contributed by atoms with Crippen molar-refractivity contribution >= 4 is 17.5 Å². The van der Waals surface area contributed by atoms with E-state index in [2.05, 4.69) is 17.4 Å². The summed E-state index contributed by atoms with van der Waals surface area (Å²) in [6, 6.07) is 17.8. The molecule has 0 aliphatic rings. The van der Waals surface area contributed by atoms with Crippen molar-refractivity contribution in [1.82, 2.24) is 10.2 Å². The lowest BCUT2D eigenvalue weighted by atomic mass is 10.1. The van der Waals surface area contributed by atoms with Crippen LogP contribution in [-0.2, 0) is 17.8 Å². The Hall–Kier alpha value is -1.84. The summed E-state index contributed by atoms with van der Waals surface area (Å²) in [7, 11) is 1.95. The molecule has 0 fully saturated rings. The highest BCUT2D eigenvalue weighted by atomic mass is 35.5. The van der Waals surface area contributed by atoms with Crippen LogP contribution in [0.3, 0.4) is 0 Å². The van der Waals surface area contributed by atoms with Crippen molar-refractivity contribution in [2.45, 2.75) is 13.0 Å². The van der Waals surface area contributed by atoms with Crippen LogP contribution in [0.4, 0.5) is 0 Å². The molecule has 0 aromatic heterocycles. The number of nitrogens with zero attached hydrogens (tertiary/aromatic N) is 1. The van der Waals surface area contributed by atoms with Crippen molar-refractivity contribution in [1.29, 1.82) is 0 Å². The van der Waals surface area contributed by atoms with Gasteiger partial charge in [-0.2, -0.15) is 0 Å². The molecule has 2 aromatic carbocycles. The number of amides is 1. The Bertz CT molecular complexity index is 584. The first kappa shape index (κ1) is 16.5. The molecule has 0 aliphatic heterocycles. The van der Waals surface area contributed by atoms with Gasteiger partial charge in [-0.05, 0) is 36.7 Å². The van der Waals surface area contributed by atoms with E-state index in [0.717, 1.165) is 18.0 Å². The number of rotatable bonds is 7. The summed E-state index contributed by atoms with van der Waals surface area (Å²) in [6.07, 6.45) is 0.811. The minimum Gasteiger partial charge on any atom is -0.355 e. The number of halogens is 1. The van der Waals surface area contributed by atoms with Crippen LogP contribution in [0.15, 0.2) is 54.6 Å². The maximum atomic E-state index is 11.9. The molecule has 1 amide bonds. The molecule has 0 aliphatic carbocycles. The monoisotopic (exact) mass is 316 g/mol. The molecular formula is C18H21ClN2O. The van der Waals surface area contributed by atoms with Gasteiger partial charge in [-0.1, -0.05) is 54.1 Å². The Labute approximate surface area is 136 Å². The van der Waals surface area contributed by atoms with Crippen LogP contribution in [0.2, 0.25) is 5.02 Å². The van der Waals surface area contributed by atoms with E-state index in [4.69, 9.17) is 11.6 Å². The lowest BCUT2D eigenvalue weighted by molar-refractivity contribution is -0.122. The molecule has 0 radical (unpaired) electrons. The zero-order valence-corrected chi connectivity index (χ0v) is 13.5. The highest BCUT2D eigenvalue weighted by Crippen LogP contribution is 2.09. The van der Waals surface area contributed by atoms with Gasteiger partial charge in [0.05, 0.1) is 6.54 Å². The van der Waals surface area contributed by atoms with Gasteiger partial charge in [0.25, 0.3) is 0 Å². The number of carbonyl (C=O) groups is 1. The fourth-order valence-electron chi connectivity index (χ4n) is 2.25. The fraction of sp³-hybridized carbons (Fsp3) is 0.278. The van der Waals surface area contributed by atoms with Crippen molar-refractivity contribution in [2.75, 3.05) is 20.1 Å². The standard InChI is InChI=1S/C18H21ClN2O/c1-21(13-16-5-3-2-4-6-16)14-18(22)20-12-11-15-7-9-17(19)10-8-15/h2-10H,11-14H2,1H3,(H,20,22). The van der Waals surface area contributed by atoms with E-state index in [0.29, 0.717) is 13.1 Å². The predicted octanol–water partition coefficient (Wildman–Crippen LogP) is 3.13. The molecule has 22 heavy (non-hydrogen) atoms. The molecule has 4 heteroatoms. The third-order valence-electron chi connectivity index (χ3n) is 3.36. The quantitative estimate of drug-likeness (QED) is 0.851. The topological polar surface area (TPSA) is 32.3 Å². The summed E-state index contributed by atoms with van der Waals surface area (Å²) < 4.78 is 0. The second kappa shape index (κ2) is 8.57. The molecule has 0 saturated heterocycles. The van der Waals surface area contributed by atoms with Crippen molar-refractivity contribution in [3.8, 4) is 0 Å². The second-order valence-corrected chi connectivity index (χ2v) is 5.82. The lowest BCUT2D eigenvalue weighted by Gasteiger charge is -2.16. The minimum atomic E-state index is 0.0485. The number of nitrogens with one attached hydrogen (secondary N) is 1. The number of carbonyl (C=O) groups excluding carboxylic acids is 1. The van der Waals surface area contributed by atoms with Crippen LogP contribution < -0.4 is 5.32 Å². The smallest absolute Gasteiger partial charge is 0.234 e. The number of hydrogen-bond donors (Lipinski definition) is 1. The average molecular weight is 317 g/mol. The normalized spacial score (nSPS) is 10.7. The summed E-state index contributed by atoms with van der Waals surface area (Å²) in [5.41, 5.74) is 2.38. The van der Waals surface area contributed by atoms with Gasteiger partial charge in [-0.15, -0.1) is 0 Å². The molecule has 0 heterocycles. The third-order valence-corrected chi connectivity index (χ3v) is 3.61. The summed E-state index contributed by atoms with van der Waals surface area (Å²) in [4.78, 5) is 13.9. The maximum Gasteiger partial charge on any atom is 0.234 e. The Balaban J connectivity index is 1.68. The van der Waals surface area contributed by atoms with E-state index < -0.39 is 0 Å². The Morgan fingerprint density at radius 1 is 1.05 bits per heavy atom. The first-order chi connectivity index (χ1) is 10.6. The van der Waals surface area contributed by atoms with Gasteiger partial charge in [0.1, 0.15) is 0 Å². The van der Waals surface area contributed by atoms with Crippen LogP contribution in [-0.4, -0.2) is 30.9 Å². The van der Waals surface area contributed by atoms with Gasteiger partial charge in [0.2, 0.25) is 5.91 Å². The molecular weight excluding hydrogens is 296 g/mol. The second-order valence-electron chi connectivity index (χ2n) is 5.38. The number of hydrogen-bond acceptors (Lipinski definition) is 2. The van der Waals surface area contributed by atoms with Gasteiger partial charge >= 0.3 is 0 Å². The van der Waals surface area contributed by atoms with Crippen LogP contribution in [0.25, 0.3) is 0 Å². The van der Waals surface area contributed by atoms with E-state index in [1.54, 1.807) is 0 Å². The van der Waals surface area contributed by atoms with Crippen LogP contribution in [0.5, 0.6) is 0 Å². The van der Waals surface area contributed by atoms with E-state index in [-0.39, 0.29) is 5.91 Å². The predicted molar refractivity (Wildman–Crippen MR) is 90.9 cm³/mol. The zero-order chi connectivity index (χ0) is 15.8. The highest BCUT2D eigenvalue weighted by Gasteiger charge is 2.06. The molecule has 2 aromatic rings. The van der Waals surface area contributed by atoms with Gasteiger partial charge in [0.15, 0.2) is 0 Å². The molecule has 0 bridgehead atoms. The van der Waals surface area contributed by atoms with Crippen LogP contribution >= 0.6 is 11.6 Å². The van der Waals surface area contributed by atoms with Crippen molar-refractivity contribution < 1.29 is 4.79 Å². The van der Waals surface area contributed by atoms with E-state index in [9.17, 15) is 4.79 Å². The molecule has 0 unspecified atom stereocenters. The minimum absolute atomic E-state index is 0.0485. The summed E-state index contributed by atoms with van der Waals surface area (Å²) >= 11 is 5.84. The van der Waals surface area contributed by atoms with Gasteiger partial charge in [0, 0.05) is 18.1 Å². The Kier molecular flexibility index (Phi) is 6.44. The lowest BCUT2D eigenvalue weighted by Crippen LogP contribution is -2.35. The maximum absolute atomic E-state index is 11.9. The Morgan fingerprint density at radius 3 is 2.41 bits per heavy atom. The van der Waals surface area contributed by atoms with Crippen molar-refractivity contribution in [2.24, 2.45) is 0 Å². The molecule has 116 valence electrons. The fourth-order valence-corrected chi connectivity index (χ4v) is 2.38. The average Bonchev–Trinajstić information content (AvgIpc) is 2.50. The molecule has 0 saturated carbocycles. The zero-order valence-electron chi connectivity index (χ0n) is 12.8. The summed E-state index contributed by atoms with van der Waals surface area (Å²) in [5.74, 6) is 0.0485. The SMILES string of the molecule is CN(CC(=O)NCCc1ccc(Cl)cc1)Cc1ccccc1. The molecule has 1 N–H and O–H groups in total. The number of likely N-dealkylation sites (N-methyl/N-ethyl adjacent to an activating group) is 1. The van der Waals surface area contributed by atoms with Gasteiger partial charge < -0.3 is 5.32 Å². The molecule has 3 nitrogen and oxygen atoms in total. The van der Waals surface area contributed by atoms with Crippen LogP contribution in [0, 0.1) is 0 Å². The van der Waals surface area contributed by atoms with E-state index >= 15 is 0 Å². The highest BCUT2D eigenvalue weighted by molar-refractivity contribution is 6.30. The van der Waals surface area contributed by atoms with Crippen LogP contribution in [0.1, 0.15) is 11.1 Å². The molecule has 0 spiro atoms. The van der Waals surface area contributed by atoms with Gasteiger partial charge in [-0.25, -0.2) is 0 Å². The summed E-state index contributed by atoms with van der Waals surface area (Å²) in [5, 5.41) is 3.68. The molecule has 2 rings (SSSR count). The first-order valence-electron chi connectivity index (χ1n) is 7.37. The molecule has 0 atom stereocenters. The number of benzene rings is 2. The Morgan fingerprint density at radius 2 is 1.73 bits per heavy atom. The van der Waals surface area contributed by atoms with E-state index in [1.165, 1.54) is 11.1 Å². The third kappa shape index (κ3) is 5.88. The first-order valence-corrected chi connectivity index (χ1v) is 7.75. The van der Waals surface area contributed by atoms with Gasteiger partial charge in [-0.3, -0.25) is 9.69 Å². The van der Waals surface area contributed by atoms with Crippen molar-refractivity contribution in [3.05, 3.63) is 70.7 Å². The van der Waals surface area contributed by atoms with E-state index in [1.807, 2.05) is 54.4 Å². The van der Waals surface area contributed by atoms with Crippen molar-refractivity contribution in [3.63, 3.8) is 0 Å². The summed E-state index contributed by atoms with van der Waals surface area (Å²) in [6.45, 7) is 1.81. The largest absolute Gasteiger partial charge is 0.355 e.